The van der Waals surface area contributed by atoms with Crippen molar-refractivity contribution >= 4 is 0 Å². The van der Waals surface area contributed by atoms with Crippen LogP contribution in [0, 0.1) is 5.92 Å². The lowest BCUT2D eigenvalue weighted by atomic mass is 10.1. The Kier molecular flexibility index (Phi) is 5.12. The van der Waals surface area contributed by atoms with E-state index in [2.05, 4.69) is 13.8 Å². The molecule has 1 aromatic rings. The number of nitrogens with two attached hydrogens (primary N) is 1. The summed E-state index contributed by atoms with van der Waals surface area (Å²) in [5.41, 5.74) is 5.65. The zero-order valence-corrected chi connectivity index (χ0v) is 10.3. The average molecular weight is 223 g/mol. The highest BCUT2D eigenvalue weighted by Gasteiger charge is 2.12. The molecule has 16 heavy (non-hydrogen) atoms. The molecule has 1 rings (SSSR count). The van der Waals surface area contributed by atoms with Gasteiger partial charge in [-0.2, -0.15) is 0 Å². The van der Waals surface area contributed by atoms with Gasteiger partial charge >= 0.3 is 0 Å². The van der Waals surface area contributed by atoms with Crippen LogP contribution in [0.15, 0.2) is 24.3 Å². The van der Waals surface area contributed by atoms with Gasteiger partial charge in [-0.05, 0) is 37.1 Å². The van der Waals surface area contributed by atoms with Crippen molar-refractivity contribution in [3.05, 3.63) is 24.3 Å². The first-order valence-electron chi connectivity index (χ1n) is 5.77. The second kappa shape index (κ2) is 6.38. The summed E-state index contributed by atoms with van der Waals surface area (Å²) >= 11 is 0. The van der Waals surface area contributed by atoms with Crippen molar-refractivity contribution in [3.8, 4) is 11.5 Å². The van der Waals surface area contributed by atoms with E-state index in [1.165, 1.54) is 0 Å². The van der Waals surface area contributed by atoms with E-state index in [4.69, 9.17) is 15.2 Å². The molecule has 0 radical (unpaired) electrons. The summed E-state index contributed by atoms with van der Waals surface area (Å²) in [5.74, 6) is 2.12. The van der Waals surface area contributed by atoms with Crippen LogP contribution in [0.25, 0.3) is 0 Å². The molecule has 90 valence electrons. The van der Waals surface area contributed by atoms with Gasteiger partial charge in [0.15, 0.2) is 0 Å². The minimum Gasteiger partial charge on any atom is -0.494 e. The Hall–Kier alpha value is -1.22. The number of ether oxygens (including phenoxy) is 2. The third-order valence-electron chi connectivity index (χ3n) is 2.40. The maximum atomic E-state index is 5.78. The van der Waals surface area contributed by atoms with Gasteiger partial charge in [0.2, 0.25) is 0 Å². The Labute approximate surface area is 97.6 Å². The lowest BCUT2D eigenvalue weighted by molar-refractivity contribution is 0.159. The zero-order valence-electron chi connectivity index (χ0n) is 10.3. The summed E-state index contributed by atoms with van der Waals surface area (Å²) in [6.45, 7) is 7.38. The van der Waals surface area contributed by atoms with E-state index in [-0.39, 0.29) is 6.10 Å². The fourth-order valence-corrected chi connectivity index (χ4v) is 1.41. The van der Waals surface area contributed by atoms with Crippen molar-refractivity contribution in [3.63, 3.8) is 0 Å². The highest BCUT2D eigenvalue weighted by molar-refractivity contribution is 5.31. The van der Waals surface area contributed by atoms with Crippen LogP contribution < -0.4 is 15.2 Å². The number of hydrogen-bond donors (Lipinski definition) is 1. The summed E-state index contributed by atoms with van der Waals surface area (Å²) in [4.78, 5) is 0. The van der Waals surface area contributed by atoms with E-state index >= 15 is 0 Å². The second-order valence-electron chi connectivity index (χ2n) is 4.04. The van der Waals surface area contributed by atoms with Gasteiger partial charge in [0.25, 0.3) is 0 Å². The van der Waals surface area contributed by atoms with E-state index < -0.39 is 0 Å². The topological polar surface area (TPSA) is 44.5 Å². The second-order valence-corrected chi connectivity index (χ2v) is 4.04. The van der Waals surface area contributed by atoms with E-state index in [0.29, 0.717) is 19.1 Å². The molecule has 0 spiro atoms. The highest BCUT2D eigenvalue weighted by atomic mass is 16.5. The molecule has 3 heteroatoms. The Morgan fingerprint density at radius 3 is 2.12 bits per heavy atom. The van der Waals surface area contributed by atoms with Crippen LogP contribution in [-0.4, -0.2) is 19.3 Å². The van der Waals surface area contributed by atoms with Gasteiger partial charge in [-0.1, -0.05) is 13.8 Å². The Morgan fingerprint density at radius 1 is 1.12 bits per heavy atom. The summed E-state index contributed by atoms with van der Waals surface area (Å²) in [6.07, 6.45) is 0.0675. The van der Waals surface area contributed by atoms with Crippen LogP contribution in [0.5, 0.6) is 11.5 Å². The van der Waals surface area contributed by atoms with Gasteiger partial charge in [-0.25, -0.2) is 0 Å². The van der Waals surface area contributed by atoms with Crippen LogP contribution in [0.3, 0.4) is 0 Å². The predicted octanol–water partition coefficient (Wildman–Crippen LogP) is 2.45. The predicted molar refractivity (Wildman–Crippen MR) is 65.9 cm³/mol. The number of rotatable bonds is 6. The van der Waals surface area contributed by atoms with Crippen molar-refractivity contribution in [2.75, 3.05) is 13.2 Å². The van der Waals surface area contributed by atoms with E-state index in [9.17, 15) is 0 Å². The van der Waals surface area contributed by atoms with Gasteiger partial charge in [0.05, 0.1) is 6.61 Å². The first-order chi connectivity index (χ1) is 7.67. The van der Waals surface area contributed by atoms with Crippen molar-refractivity contribution in [1.29, 1.82) is 0 Å². The molecule has 0 aliphatic heterocycles. The third kappa shape index (κ3) is 3.74. The van der Waals surface area contributed by atoms with Gasteiger partial charge in [0, 0.05) is 6.54 Å². The number of hydrogen-bond acceptors (Lipinski definition) is 3. The van der Waals surface area contributed by atoms with Crippen LogP contribution in [0.4, 0.5) is 0 Å². The molecule has 0 aliphatic rings. The van der Waals surface area contributed by atoms with E-state index in [1.54, 1.807) is 0 Å². The molecule has 0 fully saturated rings. The van der Waals surface area contributed by atoms with Gasteiger partial charge in [-0.3, -0.25) is 0 Å². The SMILES string of the molecule is CCOc1ccc(OC(CN)C(C)C)cc1. The van der Waals surface area contributed by atoms with Crippen molar-refractivity contribution in [1.82, 2.24) is 0 Å². The van der Waals surface area contributed by atoms with Crippen molar-refractivity contribution in [2.24, 2.45) is 11.7 Å². The molecular formula is C13H21NO2. The molecule has 0 aromatic heterocycles. The standard InChI is InChI=1S/C13H21NO2/c1-4-15-11-5-7-12(8-6-11)16-13(9-14)10(2)3/h5-8,10,13H,4,9,14H2,1-3H3. The molecule has 0 aliphatic carbocycles. The molecule has 0 saturated heterocycles. The molecule has 1 aromatic carbocycles. The molecule has 0 amide bonds. The van der Waals surface area contributed by atoms with Gasteiger partial charge in [0.1, 0.15) is 17.6 Å². The lowest BCUT2D eigenvalue weighted by Crippen LogP contribution is -2.31. The maximum absolute atomic E-state index is 5.78. The smallest absolute Gasteiger partial charge is 0.120 e. The summed E-state index contributed by atoms with van der Waals surface area (Å²) in [5, 5.41) is 0. The third-order valence-corrected chi connectivity index (χ3v) is 2.40. The van der Waals surface area contributed by atoms with Gasteiger partial charge in [-0.15, -0.1) is 0 Å². The number of benzene rings is 1. The van der Waals surface area contributed by atoms with Crippen molar-refractivity contribution < 1.29 is 9.47 Å². The minimum absolute atomic E-state index is 0.0675. The molecule has 1 atom stereocenters. The van der Waals surface area contributed by atoms with Crippen LogP contribution in [0.2, 0.25) is 0 Å². The van der Waals surface area contributed by atoms with Crippen LogP contribution in [-0.2, 0) is 0 Å². The first kappa shape index (κ1) is 12.8. The average Bonchev–Trinajstić information content (AvgIpc) is 2.28. The fraction of sp³-hybridized carbons (Fsp3) is 0.538. The lowest BCUT2D eigenvalue weighted by Gasteiger charge is -2.20. The Bertz CT molecular complexity index is 295. The highest BCUT2D eigenvalue weighted by Crippen LogP contribution is 2.20. The molecule has 3 nitrogen and oxygen atoms in total. The van der Waals surface area contributed by atoms with Crippen molar-refractivity contribution in [2.45, 2.75) is 26.9 Å². The Morgan fingerprint density at radius 2 is 1.69 bits per heavy atom. The molecular weight excluding hydrogens is 202 g/mol. The maximum Gasteiger partial charge on any atom is 0.120 e. The fourth-order valence-electron chi connectivity index (χ4n) is 1.41. The normalized spacial score (nSPS) is 12.6. The zero-order chi connectivity index (χ0) is 12.0. The minimum atomic E-state index is 0.0675. The Balaban J connectivity index is 2.60. The molecule has 2 N–H and O–H groups in total. The van der Waals surface area contributed by atoms with Crippen LogP contribution in [0.1, 0.15) is 20.8 Å². The summed E-state index contributed by atoms with van der Waals surface area (Å²) in [6, 6.07) is 7.64. The van der Waals surface area contributed by atoms with Gasteiger partial charge < -0.3 is 15.2 Å². The largest absolute Gasteiger partial charge is 0.494 e. The molecule has 0 heterocycles. The van der Waals surface area contributed by atoms with Crippen LogP contribution >= 0.6 is 0 Å². The van der Waals surface area contributed by atoms with E-state index in [0.717, 1.165) is 11.5 Å². The van der Waals surface area contributed by atoms with E-state index in [1.807, 2.05) is 31.2 Å². The quantitative estimate of drug-likeness (QED) is 0.805. The first-order valence-corrected chi connectivity index (χ1v) is 5.77. The molecule has 1 unspecified atom stereocenters. The summed E-state index contributed by atoms with van der Waals surface area (Å²) in [7, 11) is 0. The summed E-state index contributed by atoms with van der Waals surface area (Å²) < 4.78 is 11.1. The molecule has 0 saturated carbocycles. The monoisotopic (exact) mass is 223 g/mol. The molecule has 0 bridgehead atoms.